The van der Waals surface area contributed by atoms with Crippen molar-refractivity contribution in [3.8, 4) is 0 Å². The van der Waals surface area contributed by atoms with E-state index in [1.54, 1.807) is 0 Å². The molecule has 2 aromatic heterocycles. The molecule has 0 bridgehead atoms. The molecule has 0 aliphatic carbocycles. The van der Waals surface area contributed by atoms with E-state index >= 15 is 0 Å². The van der Waals surface area contributed by atoms with E-state index in [1.165, 1.54) is 0 Å². The first-order chi connectivity index (χ1) is 4.86. The van der Waals surface area contributed by atoms with Crippen LogP contribution in [0.15, 0.2) is 36.7 Å². The predicted octanol–water partition coefficient (Wildman–Crippen LogP) is 1.52. The summed E-state index contributed by atoms with van der Waals surface area (Å²) < 4.78 is 2.00. The highest BCUT2D eigenvalue weighted by molar-refractivity contribution is 5.58. The Labute approximate surface area is 58.9 Å². The number of nitrogens with two attached hydrogens (primary N) is 1. The van der Waals surface area contributed by atoms with Gasteiger partial charge in [0, 0.05) is 17.9 Å². The molecule has 0 saturated carbocycles. The molecule has 0 aromatic carbocycles. The lowest BCUT2D eigenvalue weighted by Gasteiger charge is -1.88. The van der Waals surface area contributed by atoms with E-state index in [9.17, 15) is 0 Å². The largest absolute Gasteiger partial charge is 0.397 e. The van der Waals surface area contributed by atoms with Crippen LogP contribution < -0.4 is 5.73 Å². The highest BCUT2D eigenvalue weighted by Crippen LogP contribution is 2.09. The Balaban J connectivity index is 2.88. The van der Waals surface area contributed by atoms with Gasteiger partial charge in [-0.05, 0) is 18.2 Å². The normalized spacial score (nSPS) is 10.4. The summed E-state index contributed by atoms with van der Waals surface area (Å²) in [6.45, 7) is 0. The van der Waals surface area contributed by atoms with Crippen molar-refractivity contribution in [2.45, 2.75) is 0 Å². The third-order valence-electron chi connectivity index (χ3n) is 1.53. The van der Waals surface area contributed by atoms with Gasteiger partial charge in [-0.3, -0.25) is 0 Å². The van der Waals surface area contributed by atoms with E-state index in [4.69, 9.17) is 5.73 Å². The van der Waals surface area contributed by atoms with Gasteiger partial charge >= 0.3 is 0 Å². The van der Waals surface area contributed by atoms with Gasteiger partial charge in [-0.1, -0.05) is 6.07 Å². The molecule has 0 aliphatic rings. The smallest absolute Gasteiger partial charge is 0.0504 e. The molecule has 2 N–H and O–H groups in total. The van der Waals surface area contributed by atoms with Gasteiger partial charge in [0.1, 0.15) is 0 Å². The average Bonchev–Trinajstić information content (AvgIpc) is 2.27. The lowest BCUT2D eigenvalue weighted by atomic mass is 10.4. The summed E-state index contributed by atoms with van der Waals surface area (Å²) >= 11 is 0. The van der Waals surface area contributed by atoms with Crippen molar-refractivity contribution >= 4 is 11.2 Å². The van der Waals surface area contributed by atoms with Crippen LogP contribution in [0.3, 0.4) is 0 Å². The average molecular weight is 132 g/mol. The van der Waals surface area contributed by atoms with E-state index in [0.29, 0.717) is 0 Å². The fourth-order valence-corrected chi connectivity index (χ4v) is 1.08. The Morgan fingerprint density at radius 3 is 3.00 bits per heavy atom. The number of nitrogen functional groups attached to an aromatic ring is 1. The number of hydrogen-bond donors (Lipinski definition) is 1. The maximum absolute atomic E-state index is 5.57. The molecule has 2 aromatic rings. The Hall–Kier alpha value is -1.44. The third-order valence-corrected chi connectivity index (χ3v) is 1.53. The Morgan fingerprint density at radius 2 is 2.20 bits per heavy atom. The number of aromatic nitrogens is 1. The first kappa shape index (κ1) is 5.35. The van der Waals surface area contributed by atoms with Crippen LogP contribution in [0.5, 0.6) is 0 Å². The SMILES string of the molecule is Nc1cc2ccccn2c1. The summed E-state index contributed by atoms with van der Waals surface area (Å²) in [5, 5.41) is 0. The van der Waals surface area contributed by atoms with Crippen LogP contribution in [0.4, 0.5) is 5.69 Å². The van der Waals surface area contributed by atoms with Gasteiger partial charge < -0.3 is 10.1 Å². The van der Waals surface area contributed by atoms with Crippen LogP contribution >= 0.6 is 0 Å². The first-order valence-corrected chi connectivity index (χ1v) is 3.18. The molecule has 2 heteroatoms. The lowest BCUT2D eigenvalue weighted by Crippen LogP contribution is -1.78. The van der Waals surface area contributed by atoms with Gasteiger partial charge in [0.2, 0.25) is 0 Å². The van der Waals surface area contributed by atoms with Gasteiger partial charge in [0.25, 0.3) is 0 Å². The number of anilines is 1. The molecule has 0 spiro atoms. The highest BCUT2D eigenvalue weighted by atomic mass is 14.9. The number of rotatable bonds is 0. The molecule has 0 amide bonds. The van der Waals surface area contributed by atoms with Crippen LogP contribution in [0, 0.1) is 0 Å². The topological polar surface area (TPSA) is 30.4 Å². The van der Waals surface area contributed by atoms with Crippen LogP contribution in [0.1, 0.15) is 0 Å². The molecular weight excluding hydrogens is 124 g/mol. The van der Waals surface area contributed by atoms with E-state index in [1.807, 2.05) is 41.1 Å². The Morgan fingerprint density at radius 1 is 1.30 bits per heavy atom. The molecule has 0 radical (unpaired) electrons. The van der Waals surface area contributed by atoms with Crippen molar-refractivity contribution in [2.75, 3.05) is 5.73 Å². The van der Waals surface area contributed by atoms with Crippen molar-refractivity contribution in [1.82, 2.24) is 4.40 Å². The van der Waals surface area contributed by atoms with Crippen molar-refractivity contribution in [1.29, 1.82) is 0 Å². The van der Waals surface area contributed by atoms with E-state index in [0.717, 1.165) is 11.2 Å². The Kier molecular flexibility index (Phi) is 0.947. The first-order valence-electron chi connectivity index (χ1n) is 3.18. The predicted molar refractivity (Wildman–Crippen MR) is 41.8 cm³/mol. The zero-order valence-electron chi connectivity index (χ0n) is 5.49. The lowest BCUT2D eigenvalue weighted by molar-refractivity contribution is 1.20. The molecule has 0 fully saturated rings. The summed E-state index contributed by atoms with van der Waals surface area (Å²) in [4.78, 5) is 0. The zero-order valence-corrected chi connectivity index (χ0v) is 5.49. The van der Waals surface area contributed by atoms with Crippen molar-refractivity contribution in [3.05, 3.63) is 36.7 Å². The molecule has 50 valence electrons. The fraction of sp³-hybridized carbons (Fsp3) is 0. The maximum atomic E-state index is 5.57. The van der Waals surface area contributed by atoms with Crippen molar-refractivity contribution in [3.63, 3.8) is 0 Å². The Bertz CT molecular complexity index is 316. The minimum absolute atomic E-state index is 0.811. The molecule has 2 heterocycles. The minimum Gasteiger partial charge on any atom is -0.397 e. The molecule has 2 nitrogen and oxygen atoms in total. The molecule has 2 rings (SSSR count). The van der Waals surface area contributed by atoms with Gasteiger partial charge in [0.05, 0.1) is 5.69 Å². The second kappa shape index (κ2) is 1.77. The second-order valence-electron chi connectivity index (χ2n) is 2.31. The van der Waals surface area contributed by atoms with E-state index in [-0.39, 0.29) is 0 Å². The van der Waals surface area contributed by atoms with Gasteiger partial charge in [-0.15, -0.1) is 0 Å². The monoisotopic (exact) mass is 132 g/mol. The summed E-state index contributed by atoms with van der Waals surface area (Å²) in [5.41, 5.74) is 7.52. The molecule has 0 atom stereocenters. The fourth-order valence-electron chi connectivity index (χ4n) is 1.08. The van der Waals surface area contributed by atoms with Crippen LogP contribution in [-0.4, -0.2) is 4.40 Å². The molecule has 0 saturated heterocycles. The third kappa shape index (κ3) is 0.658. The van der Waals surface area contributed by atoms with E-state index in [2.05, 4.69) is 0 Å². The standard InChI is InChI=1S/C8H8N2/c9-7-5-8-3-1-2-4-10(8)6-7/h1-6H,9H2. The summed E-state index contributed by atoms with van der Waals surface area (Å²) in [6.07, 6.45) is 3.88. The highest BCUT2D eigenvalue weighted by Gasteiger charge is 1.91. The number of nitrogens with zero attached hydrogens (tertiary/aromatic N) is 1. The van der Waals surface area contributed by atoms with Crippen LogP contribution in [0.2, 0.25) is 0 Å². The van der Waals surface area contributed by atoms with Crippen LogP contribution in [0.25, 0.3) is 5.52 Å². The summed E-state index contributed by atoms with van der Waals surface area (Å²) in [5.74, 6) is 0. The molecular formula is C8H8N2. The minimum atomic E-state index is 0.811. The second-order valence-corrected chi connectivity index (χ2v) is 2.31. The number of fused-ring (bicyclic) bond motifs is 1. The van der Waals surface area contributed by atoms with Gasteiger partial charge in [-0.25, -0.2) is 0 Å². The van der Waals surface area contributed by atoms with Gasteiger partial charge in [0.15, 0.2) is 0 Å². The number of pyridine rings is 1. The van der Waals surface area contributed by atoms with Crippen LogP contribution in [-0.2, 0) is 0 Å². The zero-order chi connectivity index (χ0) is 6.97. The quantitative estimate of drug-likeness (QED) is 0.578. The van der Waals surface area contributed by atoms with E-state index < -0.39 is 0 Å². The maximum Gasteiger partial charge on any atom is 0.0504 e. The van der Waals surface area contributed by atoms with Gasteiger partial charge in [-0.2, -0.15) is 0 Å². The molecule has 10 heavy (non-hydrogen) atoms. The van der Waals surface area contributed by atoms with Crippen molar-refractivity contribution in [2.24, 2.45) is 0 Å². The molecule has 0 aliphatic heterocycles. The molecule has 0 unspecified atom stereocenters. The number of hydrogen-bond acceptors (Lipinski definition) is 1. The summed E-state index contributed by atoms with van der Waals surface area (Å²) in [6, 6.07) is 7.94. The summed E-state index contributed by atoms with van der Waals surface area (Å²) in [7, 11) is 0. The van der Waals surface area contributed by atoms with Crippen molar-refractivity contribution < 1.29 is 0 Å².